The van der Waals surface area contributed by atoms with Gasteiger partial charge in [-0.25, -0.2) is 24.2 Å². The fourth-order valence-electron chi connectivity index (χ4n) is 4.44. The van der Waals surface area contributed by atoms with Crippen LogP contribution in [0.2, 0.25) is 0 Å². The zero-order valence-corrected chi connectivity index (χ0v) is 25.8. The van der Waals surface area contributed by atoms with Crippen LogP contribution in [0.25, 0.3) is 11.0 Å². The number of nitrogens with zero attached hydrogens (tertiary/aromatic N) is 3. The standard InChI is InChI=1S/C25H28N6O3S.2C2H2O4/c1-34-22-5-3-17-23(30-22)18(6-10-27-17)29-24(33)25(26)8-12-31(13-9-25)11-7-16-2-4-20-19(14-16)28-21(32)15-35-20;2*3-1(4)2(5)6/h2-6,10,14H,7-9,11-13,15,26H2,1H3,(H,28,32)(H,27,29,33);2*(H,3,4)(H,5,6). The quantitative estimate of drug-likeness (QED) is 0.180. The van der Waals surface area contributed by atoms with E-state index >= 15 is 0 Å². The van der Waals surface area contributed by atoms with Gasteiger partial charge in [-0.3, -0.25) is 14.6 Å². The number of pyridine rings is 2. The molecule has 2 aliphatic rings. The second-order valence-corrected chi connectivity index (χ2v) is 11.2. The van der Waals surface area contributed by atoms with Crippen molar-refractivity contribution >= 4 is 69.9 Å². The number of rotatable bonds is 6. The second kappa shape index (κ2) is 16.3. The minimum atomic E-state index is -1.82. The molecule has 18 heteroatoms. The molecule has 0 spiro atoms. The highest BCUT2D eigenvalue weighted by atomic mass is 32.2. The van der Waals surface area contributed by atoms with Crippen molar-refractivity contribution in [3.63, 3.8) is 0 Å². The first-order valence-corrected chi connectivity index (χ1v) is 14.8. The number of hydrogen-bond acceptors (Lipinski definition) is 12. The number of thioether (sulfide) groups is 1. The molecular weight excluding hydrogens is 640 g/mol. The normalized spacial score (nSPS) is 14.9. The number of likely N-dealkylation sites (tertiary alicyclic amines) is 1. The van der Waals surface area contributed by atoms with Gasteiger partial charge in [0, 0.05) is 36.8 Å². The minimum Gasteiger partial charge on any atom is -0.481 e. The monoisotopic (exact) mass is 672 g/mol. The van der Waals surface area contributed by atoms with Gasteiger partial charge in [0.25, 0.3) is 0 Å². The van der Waals surface area contributed by atoms with E-state index in [4.69, 9.17) is 50.1 Å². The van der Waals surface area contributed by atoms with E-state index in [1.807, 2.05) is 6.07 Å². The first-order chi connectivity index (χ1) is 22.2. The Hall–Kier alpha value is -5.33. The van der Waals surface area contributed by atoms with E-state index in [0.29, 0.717) is 41.2 Å². The molecule has 1 saturated heterocycles. The number of aliphatic carboxylic acids is 4. The van der Waals surface area contributed by atoms with Gasteiger partial charge in [-0.15, -0.1) is 11.8 Å². The van der Waals surface area contributed by atoms with Crippen molar-refractivity contribution in [3.8, 4) is 5.88 Å². The summed E-state index contributed by atoms with van der Waals surface area (Å²) in [4.78, 5) is 73.4. The molecule has 8 N–H and O–H groups in total. The molecule has 1 fully saturated rings. The second-order valence-electron chi connectivity index (χ2n) is 10.2. The first-order valence-electron chi connectivity index (χ1n) is 13.8. The fourth-order valence-corrected chi connectivity index (χ4v) is 5.23. The Bertz CT molecular complexity index is 1630. The van der Waals surface area contributed by atoms with E-state index in [1.54, 1.807) is 37.2 Å². The van der Waals surface area contributed by atoms with Crippen molar-refractivity contribution in [1.29, 1.82) is 0 Å². The third kappa shape index (κ3) is 10.3. The molecule has 2 aromatic heterocycles. The highest BCUT2D eigenvalue weighted by Gasteiger charge is 2.37. The van der Waals surface area contributed by atoms with E-state index in [9.17, 15) is 9.59 Å². The molecule has 0 unspecified atom stereocenters. The van der Waals surface area contributed by atoms with Crippen molar-refractivity contribution in [1.82, 2.24) is 14.9 Å². The van der Waals surface area contributed by atoms with Crippen LogP contribution in [-0.4, -0.2) is 109 Å². The third-order valence-corrected chi connectivity index (χ3v) is 8.05. The van der Waals surface area contributed by atoms with Crippen molar-refractivity contribution in [2.24, 2.45) is 5.73 Å². The largest absolute Gasteiger partial charge is 0.481 e. The molecule has 0 saturated carbocycles. The number of methoxy groups -OCH3 is 1. The summed E-state index contributed by atoms with van der Waals surface area (Å²) in [6, 6.07) is 11.5. The summed E-state index contributed by atoms with van der Waals surface area (Å²) in [5, 5.41) is 35.5. The van der Waals surface area contributed by atoms with Crippen molar-refractivity contribution in [2.45, 2.75) is 29.7 Å². The first kappa shape index (κ1) is 36.1. The zero-order valence-electron chi connectivity index (χ0n) is 25.0. The Morgan fingerprint density at radius 1 is 1.00 bits per heavy atom. The number of nitrogens with two attached hydrogens (primary N) is 1. The number of carbonyl (C=O) groups excluding carboxylic acids is 2. The maximum atomic E-state index is 13.2. The van der Waals surface area contributed by atoms with Gasteiger partial charge >= 0.3 is 23.9 Å². The number of anilines is 2. The molecule has 0 atom stereocenters. The van der Waals surface area contributed by atoms with Gasteiger partial charge in [-0.1, -0.05) is 6.07 Å². The Kier molecular flexibility index (Phi) is 12.5. The number of ether oxygens (including phenoxy) is 1. The van der Waals surface area contributed by atoms with Crippen molar-refractivity contribution in [2.75, 3.05) is 43.1 Å². The molecule has 3 aromatic rings. The summed E-state index contributed by atoms with van der Waals surface area (Å²) < 4.78 is 5.22. The van der Waals surface area contributed by atoms with Gasteiger partial charge in [-0.2, -0.15) is 0 Å². The third-order valence-electron chi connectivity index (χ3n) is 6.98. The zero-order chi connectivity index (χ0) is 34.7. The predicted octanol–water partition coefficient (Wildman–Crippen LogP) is 0.968. The van der Waals surface area contributed by atoms with E-state index in [1.165, 1.54) is 5.56 Å². The summed E-state index contributed by atoms with van der Waals surface area (Å²) in [6.45, 7) is 2.35. The predicted molar refractivity (Wildman–Crippen MR) is 167 cm³/mol. The molecule has 0 bridgehead atoms. The molecule has 0 radical (unpaired) electrons. The molecule has 250 valence electrons. The Morgan fingerprint density at radius 2 is 1.64 bits per heavy atom. The number of hydrogen-bond donors (Lipinski definition) is 7. The fraction of sp³-hybridized carbons (Fsp3) is 0.310. The summed E-state index contributed by atoms with van der Waals surface area (Å²) in [5.41, 5.74) is 9.52. The lowest BCUT2D eigenvalue weighted by atomic mass is 9.87. The minimum absolute atomic E-state index is 0.0444. The van der Waals surface area contributed by atoms with Crippen LogP contribution >= 0.6 is 11.8 Å². The van der Waals surface area contributed by atoms with Gasteiger partial charge in [-0.05, 0) is 49.1 Å². The van der Waals surface area contributed by atoms with Crippen LogP contribution < -0.4 is 21.1 Å². The number of benzene rings is 1. The molecule has 1 aromatic carbocycles. The molecule has 4 heterocycles. The lowest BCUT2D eigenvalue weighted by molar-refractivity contribution is -0.159. The van der Waals surface area contributed by atoms with Crippen LogP contribution in [0.15, 0.2) is 47.5 Å². The van der Waals surface area contributed by atoms with E-state index < -0.39 is 29.4 Å². The van der Waals surface area contributed by atoms with Gasteiger partial charge in [0.2, 0.25) is 17.7 Å². The van der Waals surface area contributed by atoms with Gasteiger partial charge in [0.15, 0.2) is 0 Å². The van der Waals surface area contributed by atoms with Crippen molar-refractivity contribution in [3.05, 3.63) is 48.2 Å². The Labute approximate surface area is 271 Å². The van der Waals surface area contributed by atoms with Crippen LogP contribution in [0.4, 0.5) is 11.4 Å². The van der Waals surface area contributed by atoms with Crippen LogP contribution in [0.1, 0.15) is 18.4 Å². The lowest BCUT2D eigenvalue weighted by Crippen LogP contribution is -2.57. The number of amides is 2. The van der Waals surface area contributed by atoms with Crippen LogP contribution in [0.5, 0.6) is 5.88 Å². The number of carboxylic acids is 4. The molecule has 17 nitrogen and oxygen atoms in total. The highest BCUT2D eigenvalue weighted by Crippen LogP contribution is 2.32. The highest BCUT2D eigenvalue weighted by molar-refractivity contribution is 8.00. The smallest absolute Gasteiger partial charge is 0.414 e. The number of carbonyl (C=O) groups is 6. The molecule has 2 aliphatic heterocycles. The Balaban J connectivity index is 0.000000428. The number of aromatic nitrogens is 2. The molecule has 47 heavy (non-hydrogen) atoms. The summed E-state index contributed by atoms with van der Waals surface area (Å²) in [7, 11) is 1.55. The SMILES string of the molecule is COc1ccc2nccc(NC(=O)C3(N)CCN(CCc4ccc5c(c4)NC(=O)CS5)CC3)c2n1.O=C(O)C(=O)O.O=C(O)C(=O)O. The number of carboxylic acid groups (broad SMARTS) is 4. The summed E-state index contributed by atoms with van der Waals surface area (Å²) in [5.74, 6) is -6.54. The lowest BCUT2D eigenvalue weighted by Gasteiger charge is -2.38. The van der Waals surface area contributed by atoms with Gasteiger partial charge < -0.3 is 46.4 Å². The summed E-state index contributed by atoms with van der Waals surface area (Å²) in [6.07, 6.45) is 3.64. The van der Waals surface area contributed by atoms with Gasteiger partial charge in [0.05, 0.1) is 35.3 Å². The molecular formula is C29H32N6O11S. The van der Waals surface area contributed by atoms with Gasteiger partial charge in [0.1, 0.15) is 5.52 Å². The average Bonchev–Trinajstić information content (AvgIpc) is 3.04. The number of nitrogens with one attached hydrogen (secondary N) is 2. The number of fused-ring (bicyclic) bond motifs is 2. The number of piperidine rings is 1. The molecule has 2 amide bonds. The Morgan fingerprint density at radius 3 is 2.23 bits per heavy atom. The van der Waals surface area contributed by atoms with E-state index in [0.717, 1.165) is 36.6 Å². The average molecular weight is 673 g/mol. The maximum Gasteiger partial charge on any atom is 0.414 e. The molecule has 0 aliphatic carbocycles. The van der Waals surface area contributed by atoms with Crippen LogP contribution in [0, 0.1) is 0 Å². The van der Waals surface area contributed by atoms with Crippen molar-refractivity contribution < 1.29 is 53.9 Å². The van der Waals surface area contributed by atoms with E-state index in [-0.39, 0.29) is 11.8 Å². The maximum absolute atomic E-state index is 13.2. The topological polar surface area (TPSA) is 272 Å². The molecule has 5 rings (SSSR count). The van der Waals surface area contributed by atoms with Crippen LogP contribution in [-0.2, 0) is 35.2 Å². The van der Waals surface area contributed by atoms with E-state index in [2.05, 4.69) is 43.7 Å². The van der Waals surface area contributed by atoms with Crippen LogP contribution in [0.3, 0.4) is 0 Å². The summed E-state index contributed by atoms with van der Waals surface area (Å²) >= 11 is 1.57.